The molecule has 0 fully saturated rings. The van der Waals surface area contributed by atoms with E-state index in [0.29, 0.717) is 24.7 Å². The summed E-state index contributed by atoms with van der Waals surface area (Å²) in [6.07, 6.45) is -3.40. The lowest BCUT2D eigenvalue weighted by molar-refractivity contribution is -0.192. The van der Waals surface area contributed by atoms with Gasteiger partial charge in [-0.2, -0.15) is 13.2 Å². The molecule has 0 atom stereocenters. The van der Waals surface area contributed by atoms with Gasteiger partial charge in [0.15, 0.2) is 0 Å². The van der Waals surface area contributed by atoms with Gasteiger partial charge in [-0.3, -0.25) is 0 Å². The average Bonchev–Trinajstić information content (AvgIpc) is 2.39. The molecule has 0 saturated carbocycles. The van der Waals surface area contributed by atoms with Crippen LogP contribution in [-0.4, -0.2) is 23.8 Å². The summed E-state index contributed by atoms with van der Waals surface area (Å²) in [6.45, 7) is 0.214. The van der Waals surface area contributed by atoms with E-state index in [2.05, 4.69) is 0 Å². The molecule has 0 amide bonds. The second-order valence-corrected chi connectivity index (χ2v) is 3.90. The van der Waals surface area contributed by atoms with Gasteiger partial charge in [0.1, 0.15) is 5.82 Å². The predicted molar refractivity (Wildman–Crippen MR) is 66.7 cm³/mol. The number of hydrogen-bond donors (Lipinski definition) is 2. The van der Waals surface area contributed by atoms with Crippen LogP contribution in [0.3, 0.4) is 0 Å². The molecular formula is C13H14F5NO2. The fourth-order valence-electron chi connectivity index (χ4n) is 1.20. The zero-order valence-electron chi connectivity index (χ0n) is 10.8. The molecule has 0 heterocycles. The van der Waals surface area contributed by atoms with Gasteiger partial charge in [0.25, 0.3) is 0 Å². The summed E-state index contributed by atoms with van der Waals surface area (Å²) in [7, 11) is 0. The highest BCUT2D eigenvalue weighted by Gasteiger charge is 2.38. The molecule has 0 aliphatic carbocycles. The van der Waals surface area contributed by atoms with Crippen LogP contribution >= 0.6 is 0 Å². The number of rotatable bonds is 4. The number of alkyl halides is 3. The zero-order valence-corrected chi connectivity index (χ0v) is 10.8. The van der Waals surface area contributed by atoms with E-state index >= 15 is 0 Å². The maximum Gasteiger partial charge on any atom is 0.490 e. The largest absolute Gasteiger partial charge is 0.490 e. The van der Waals surface area contributed by atoms with Crippen LogP contribution in [0.25, 0.3) is 0 Å². The quantitative estimate of drug-likeness (QED) is 0.839. The molecule has 21 heavy (non-hydrogen) atoms. The molecular weight excluding hydrogens is 297 g/mol. The maximum absolute atomic E-state index is 12.7. The van der Waals surface area contributed by atoms with Crippen molar-refractivity contribution in [2.24, 2.45) is 5.73 Å². The van der Waals surface area contributed by atoms with E-state index in [1.165, 1.54) is 12.1 Å². The topological polar surface area (TPSA) is 63.3 Å². The molecule has 0 aromatic heterocycles. The van der Waals surface area contributed by atoms with Crippen molar-refractivity contribution in [3.63, 3.8) is 0 Å². The van der Waals surface area contributed by atoms with E-state index in [0.717, 1.165) is 5.56 Å². The number of hydrogen-bond acceptors (Lipinski definition) is 2. The van der Waals surface area contributed by atoms with E-state index < -0.39 is 12.1 Å². The van der Waals surface area contributed by atoms with Gasteiger partial charge in [-0.1, -0.05) is 12.1 Å². The molecule has 1 aromatic carbocycles. The van der Waals surface area contributed by atoms with Gasteiger partial charge in [0.2, 0.25) is 0 Å². The van der Waals surface area contributed by atoms with E-state index in [1.807, 2.05) is 6.07 Å². The molecule has 0 unspecified atom stereocenters. The van der Waals surface area contributed by atoms with Crippen LogP contribution in [-0.2, 0) is 11.2 Å². The monoisotopic (exact) mass is 311 g/mol. The van der Waals surface area contributed by atoms with Gasteiger partial charge in [-0.25, -0.2) is 13.6 Å². The molecule has 118 valence electrons. The standard InChI is InChI=1S/C11H13F2N.C2HF3O2/c12-7-10(8-14)5-4-9-2-1-3-11(13)6-9;3-2(4,5)1(6)7/h1-3,6-7H,4-5,8,14H2;(H,6,7)/b10-7+;. The summed E-state index contributed by atoms with van der Waals surface area (Å²) < 4.78 is 56.6. The van der Waals surface area contributed by atoms with E-state index in [-0.39, 0.29) is 12.4 Å². The smallest absolute Gasteiger partial charge is 0.475 e. The summed E-state index contributed by atoms with van der Waals surface area (Å²) in [4.78, 5) is 8.90. The third-order valence-corrected chi connectivity index (χ3v) is 2.28. The van der Waals surface area contributed by atoms with Crippen molar-refractivity contribution in [2.45, 2.75) is 19.0 Å². The lowest BCUT2D eigenvalue weighted by Crippen LogP contribution is -2.21. The first-order valence-electron chi connectivity index (χ1n) is 5.73. The molecule has 0 aliphatic rings. The first kappa shape index (κ1) is 19.0. The molecule has 3 N–H and O–H groups in total. The van der Waals surface area contributed by atoms with E-state index in [1.54, 1.807) is 6.07 Å². The number of benzene rings is 1. The van der Waals surface area contributed by atoms with Gasteiger partial charge in [-0.05, 0) is 36.1 Å². The van der Waals surface area contributed by atoms with Gasteiger partial charge in [0, 0.05) is 6.54 Å². The Morgan fingerprint density at radius 3 is 2.29 bits per heavy atom. The average molecular weight is 311 g/mol. The summed E-state index contributed by atoms with van der Waals surface area (Å²) in [6, 6.07) is 6.30. The number of carbonyl (C=O) groups is 1. The van der Waals surface area contributed by atoms with Crippen molar-refractivity contribution in [2.75, 3.05) is 6.54 Å². The molecule has 0 radical (unpaired) electrons. The fraction of sp³-hybridized carbons (Fsp3) is 0.308. The fourth-order valence-corrected chi connectivity index (χ4v) is 1.20. The Balaban J connectivity index is 0.000000486. The minimum atomic E-state index is -5.08. The van der Waals surface area contributed by atoms with Gasteiger partial charge in [-0.15, -0.1) is 0 Å². The van der Waals surface area contributed by atoms with E-state index in [4.69, 9.17) is 15.6 Å². The Morgan fingerprint density at radius 1 is 1.33 bits per heavy atom. The number of carboxylic acid groups (broad SMARTS) is 1. The summed E-state index contributed by atoms with van der Waals surface area (Å²) in [5, 5.41) is 7.12. The minimum Gasteiger partial charge on any atom is -0.475 e. The first-order chi connectivity index (χ1) is 9.70. The highest BCUT2D eigenvalue weighted by atomic mass is 19.4. The number of aryl methyl sites for hydroxylation is 1. The molecule has 1 rings (SSSR count). The Labute approximate surface area is 117 Å². The van der Waals surface area contributed by atoms with Crippen LogP contribution in [0, 0.1) is 5.82 Å². The highest BCUT2D eigenvalue weighted by molar-refractivity contribution is 5.73. The minimum absolute atomic E-state index is 0.214. The summed E-state index contributed by atoms with van der Waals surface area (Å²) in [5.41, 5.74) is 6.70. The lowest BCUT2D eigenvalue weighted by Gasteiger charge is -2.02. The SMILES string of the molecule is NC/C(=C/F)CCc1cccc(F)c1.O=C(O)C(F)(F)F. The predicted octanol–water partition coefficient (Wildman–Crippen LogP) is 3.20. The van der Waals surface area contributed by atoms with Crippen molar-refractivity contribution in [3.8, 4) is 0 Å². The Hall–Kier alpha value is -1.96. The van der Waals surface area contributed by atoms with Gasteiger partial charge in [0.05, 0.1) is 6.33 Å². The van der Waals surface area contributed by atoms with Crippen molar-refractivity contribution in [3.05, 3.63) is 47.5 Å². The highest BCUT2D eigenvalue weighted by Crippen LogP contribution is 2.13. The number of halogens is 5. The Bertz CT molecular complexity index is 486. The van der Waals surface area contributed by atoms with Crippen molar-refractivity contribution in [1.29, 1.82) is 0 Å². The molecule has 0 aliphatic heterocycles. The Morgan fingerprint density at radius 2 is 1.90 bits per heavy atom. The molecule has 0 spiro atoms. The van der Waals surface area contributed by atoms with Crippen LogP contribution < -0.4 is 5.73 Å². The van der Waals surface area contributed by atoms with Crippen LogP contribution in [0.15, 0.2) is 36.2 Å². The van der Waals surface area contributed by atoms with Crippen LogP contribution in [0.5, 0.6) is 0 Å². The van der Waals surface area contributed by atoms with Crippen molar-refractivity contribution >= 4 is 5.97 Å². The van der Waals surface area contributed by atoms with Crippen molar-refractivity contribution < 1.29 is 31.9 Å². The third-order valence-electron chi connectivity index (χ3n) is 2.28. The zero-order chi connectivity index (χ0) is 16.5. The maximum atomic E-state index is 12.7. The molecule has 0 bridgehead atoms. The first-order valence-corrected chi connectivity index (χ1v) is 5.73. The third kappa shape index (κ3) is 8.74. The molecule has 3 nitrogen and oxygen atoms in total. The summed E-state index contributed by atoms with van der Waals surface area (Å²) >= 11 is 0. The van der Waals surface area contributed by atoms with E-state index in [9.17, 15) is 22.0 Å². The van der Waals surface area contributed by atoms with Crippen LogP contribution in [0.2, 0.25) is 0 Å². The van der Waals surface area contributed by atoms with Gasteiger partial charge < -0.3 is 10.8 Å². The second-order valence-electron chi connectivity index (χ2n) is 3.90. The number of nitrogens with two attached hydrogens (primary N) is 1. The lowest BCUT2D eigenvalue weighted by atomic mass is 10.1. The Kier molecular flexibility index (Phi) is 8.22. The summed E-state index contributed by atoms with van der Waals surface area (Å²) in [5.74, 6) is -3.02. The number of carboxylic acids is 1. The van der Waals surface area contributed by atoms with Crippen LogP contribution in [0.4, 0.5) is 22.0 Å². The van der Waals surface area contributed by atoms with Crippen molar-refractivity contribution in [1.82, 2.24) is 0 Å². The van der Waals surface area contributed by atoms with Crippen LogP contribution in [0.1, 0.15) is 12.0 Å². The molecule has 0 saturated heterocycles. The number of aliphatic carboxylic acids is 1. The molecule has 8 heteroatoms. The van der Waals surface area contributed by atoms with Gasteiger partial charge >= 0.3 is 12.1 Å². The molecule has 1 aromatic rings. The second kappa shape index (κ2) is 9.06. The normalized spacial score (nSPS) is 11.6.